The van der Waals surface area contributed by atoms with Gasteiger partial charge in [-0.05, 0) is 33.7 Å². The molecule has 0 aliphatic rings. The lowest BCUT2D eigenvalue weighted by Crippen LogP contribution is -2.02. The van der Waals surface area contributed by atoms with Crippen molar-refractivity contribution in [2.45, 2.75) is 0 Å². The average molecular weight is 261 g/mol. The fourth-order valence-electron chi connectivity index (χ4n) is 2.80. The normalized spacial score (nSPS) is 11.4. The van der Waals surface area contributed by atoms with E-state index in [9.17, 15) is 9.90 Å². The Bertz CT molecular complexity index is 1030. The summed E-state index contributed by atoms with van der Waals surface area (Å²) >= 11 is 0. The summed E-state index contributed by atoms with van der Waals surface area (Å²) < 4.78 is 0. The van der Waals surface area contributed by atoms with E-state index < -0.39 is 0 Å². The van der Waals surface area contributed by atoms with Gasteiger partial charge in [0.1, 0.15) is 5.75 Å². The van der Waals surface area contributed by atoms with Crippen molar-refractivity contribution in [2.24, 2.45) is 0 Å². The summed E-state index contributed by atoms with van der Waals surface area (Å²) in [5.41, 5.74) is 0.510. The van der Waals surface area contributed by atoms with Crippen LogP contribution in [-0.2, 0) is 0 Å². The molecular weight excluding hydrogens is 250 g/mol. The van der Waals surface area contributed by atoms with Gasteiger partial charge < -0.3 is 10.1 Å². The van der Waals surface area contributed by atoms with Crippen molar-refractivity contribution < 1.29 is 5.11 Å². The summed E-state index contributed by atoms with van der Waals surface area (Å²) in [5, 5.41) is 14.9. The molecule has 20 heavy (non-hydrogen) atoms. The molecule has 1 heterocycles. The van der Waals surface area contributed by atoms with E-state index >= 15 is 0 Å². The molecule has 0 aliphatic heterocycles. The zero-order chi connectivity index (χ0) is 13.7. The molecule has 4 rings (SSSR count). The van der Waals surface area contributed by atoms with Crippen LogP contribution in [-0.4, -0.2) is 10.1 Å². The van der Waals surface area contributed by atoms with E-state index in [1.165, 1.54) is 6.07 Å². The van der Waals surface area contributed by atoms with Crippen molar-refractivity contribution in [1.82, 2.24) is 4.98 Å². The number of phenols is 1. The fraction of sp³-hybridized carbons (Fsp3) is 0. The number of H-pyrrole nitrogens is 1. The van der Waals surface area contributed by atoms with Crippen LogP contribution in [0.1, 0.15) is 0 Å². The van der Waals surface area contributed by atoms with Crippen molar-refractivity contribution >= 4 is 32.4 Å². The number of nitrogens with one attached hydrogen (secondary N) is 1. The highest BCUT2D eigenvalue weighted by atomic mass is 16.3. The van der Waals surface area contributed by atoms with Crippen LogP contribution in [0.2, 0.25) is 0 Å². The fourth-order valence-corrected chi connectivity index (χ4v) is 2.80. The Morgan fingerprint density at radius 2 is 1.65 bits per heavy atom. The van der Waals surface area contributed by atoms with E-state index in [1.807, 2.05) is 36.4 Å². The van der Waals surface area contributed by atoms with Gasteiger partial charge in [0.15, 0.2) is 0 Å². The predicted octanol–water partition coefficient (Wildman–Crippen LogP) is 3.54. The van der Waals surface area contributed by atoms with Crippen LogP contribution in [0.4, 0.5) is 0 Å². The molecule has 0 saturated carbocycles. The maximum absolute atomic E-state index is 11.6. The standard InChI is InChI=1S/C17H11NO2/c19-14-9-11-3-1-2-4-12(11)13-7-5-10-6-8-15(20)18-17(10)16(13)14/h1-9,19H,(H,18,20). The molecule has 4 aromatic rings. The number of benzene rings is 3. The molecule has 0 aliphatic carbocycles. The number of aromatic hydroxyl groups is 1. The highest BCUT2D eigenvalue weighted by Crippen LogP contribution is 2.36. The summed E-state index contributed by atoms with van der Waals surface area (Å²) in [6.07, 6.45) is 0. The number of pyridine rings is 1. The monoisotopic (exact) mass is 261 g/mol. The maximum Gasteiger partial charge on any atom is 0.248 e. The molecule has 0 radical (unpaired) electrons. The van der Waals surface area contributed by atoms with Crippen LogP contribution in [0.25, 0.3) is 32.4 Å². The minimum absolute atomic E-state index is 0.169. The minimum Gasteiger partial charge on any atom is -0.507 e. The molecule has 0 fully saturated rings. The van der Waals surface area contributed by atoms with Gasteiger partial charge in [-0.25, -0.2) is 0 Å². The predicted molar refractivity (Wildman–Crippen MR) is 81.2 cm³/mol. The Morgan fingerprint density at radius 3 is 2.55 bits per heavy atom. The van der Waals surface area contributed by atoms with Gasteiger partial charge in [-0.1, -0.05) is 36.4 Å². The molecule has 0 amide bonds. The van der Waals surface area contributed by atoms with Crippen LogP contribution in [0.15, 0.2) is 59.4 Å². The SMILES string of the molecule is O=c1ccc2ccc3c4ccccc4cc(O)c3c2[nH]1. The molecule has 0 atom stereocenters. The quantitative estimate of drug-likeness (QED) is 0.476. The molecule has 3 heteroatoms. The lowest BCUT2D eigenvalue weighted by atomic mass is 9.99. The Balaban J connectivity index is 2.36. The Labute approximate surface area is 114 Å². The lowest BCUT2D eigenvalue weighted by molar-refractivity contribution is 0.482. The number of aromatic nitrogens is 1. The number of hydrogen-bond donors (Lipinski definition) is 2. The molecule has 1 aromatic heterocycles. The molecule has 3 aromatic carbocycles. The van der Waals surface area contributed by atoms with Crippen LogP contribution in [0.3, 0.4) is 0 Å². The number of rotatable bonds is 0. The first kappa shape index (κ1) is 11.1. The van der Waals surface area contributed by atoms with E-state index in [1.54, 1.807) is 12.1 Å². The molecule has 2 N–H and O–H groups in total. The molecule has 0 saturated heterocycles. The number of fused-ring (bicyclic) bond motifs is 5. The summed E-state index contributed by atoms with van der Waals surface area (Å²) in [6.45, 7) is 0. The Morgan fingerprint density at radius 1 is 0.850 bits per heavy atom. The van der Waals surface area contributed by atoms with Crippen molar-refractivity contribution in [1.29, 1.82) is 0 Å². The second kappa shape index (κ2) is 3.84. The molecule has 0 spiro atoms. The number of hydrogen-bond acceptors (Lipinski definition) is 2. The molecule has 0 bridgehead atoms. The van der Waals surface area contributed by atoms with Gasteiger partial charge >= 0.3 is 0 Å². The van der Waals surface area contributed by atoms with E-state index in [4.69, 9.17) is 0 Å². The van der Waals surface area contributed by atoms with E-state index in [2.05, 4.69) is 4.98 Å². The Hall–Kier alpha value is -2.81. The van der Waals surface area contributed by atoms with Gasteiger partial charge in [0.25, 0.3) is 0 Å². The third-order valence-corrected chi connectivity index (χ3v) is 3.70. The second-order valence-corrected chi connectivity index (χ2v) is 4.89. The smallest absolute Gasteiger partial charge is 0.248 e. The summed E-state index contributed by atoms with van der Waals surface area (Å²) in [7, 11) is 0. The minimum atomic E-state index is -0.169. The van der Waals surface area contributed by atoms with E-state index in [-0.39, 0.29) is 11.3 Å². The molecule has 0 unspecified atom stereocenters. The van der Waals surface area contributed by atoms with Crippen LogP contribution in [0, 0.1) is 0 Å². The van der Waals surface area contributed by atoms with Crippen molar-refractivity contribution in [3.05, 3.63) is 65.0 Å². The second-order valence-electron chi connectivity index (χ2n) is 4.89. The van der Waals surface area contributed by atoms with Crippen LogP contribution >= 0.6 is 0 Å². The van der Waals surface area contributed by atoms with Gasteiger partial charge in [-0.2, -0.15) is 0 Å². The van der Waals surface area contributed by atoms with Gasteiger partial charge in [0, 0.05) is 11.5 Å². The molecule has 96 valence electrons. The molecular formula is C17H11NO2. The summed E-state index contributed by atoms with van der Waals surface area (Å²) in [4.78, 5) is 14.4. The number of phenolic OH excluding ortho intramolecular Hbond substituents is 1. The summed E-state index contributed by atoms with van der Waals surface area (Å²) in [5.74, 6) is 0.186. The Kier molecular flexibility index (Phi) is 2.12. The first-order chi connectivity index (χ1) is 9.74. The zero-order valence-corrected chi connectivity index (χ0v) is 10.6. The lowest BCUT2D eigenvalue weighted by Gasteiger charge is -2.09. The third-order valence-electron chi connectivity index (χ3n) is 3.70. The van der Waals surface area contributed by atoms with Gasteiger partial charge in [0.2, 0.25) is 5.56 Å². The van der Waals surface area contributed by atoms with E-state index in [0.29, 0.717) is 10.9 Å². The van der Waals surface area contributed by atoms with Gasteiger partial charge in [-0.15, -0.1) is 0 Å². The zero-order valence-electron chi connectivity index (χ0n) is 10.6. The van der Waals surface area contributed by atoms with Crippen LogP contribution < -0.4 is 5.56 Å². The van der Waals surface area contributed by atoms with Crippen molar-refractivity contribution in [3.63, 3.8) is 0 Å². The van der Waals surface area contributed by atoms with Gasteiger partial charge in [0.05, 0.1) is 5.52 Å². The van der Waals surface area contributed by atoms with Crippen molar-refractivity contribution in [2.75, 3.05) is 0 Å². The van der Waals surface area contributed by atoms with E-state index in [0.717, 1.165) is 21.5 Å². The largest absolute Gasteiger partial charge is 0.507 e. The molecule has 3 nitrogen and oxygen atoms in total. The first-order valence-electron chi connectivity index (χ1n) is 6.40. The number of aromatic amines is 1. The first-order valence-corrected chi connectivity index (χ1v) is 6.40. The highest BCUT2D eigenvalue weighted by Gasteiger charge is 2.09. The highest BCUT2D eigenvalue weighted by molar-refractivity contribution is 6.18. The van der Waals surface area contributed by atoms with Gasteiger partial charge in [-0.3, -0.25) is 4.79 Å². The summed E-state index contributed by atoms with van der Waals surface area (Å²) in [6, 6.07) is 16.8. The third kappa shape index (κ3) is 1.43. The average Bonchev–Trinajstić information content (AvgIpc) is 2.46. The van der Waals surface area contributed by atoms with Crippen molar-refractivity contribution in [3.8, 4) is 5.75 Å². The van der Waals surface area contributed by atoms with Crippen LogP contribution in [0.5, 0.6) is 5.75 Å². The maximum atomic E-state index is 11.6. The topological polar surface area (TPSA) is 53.1 Å².